The number of nitrogens with one attached hydrogen (secondary N) is 1. The Labute approximate surface area is 193 Å². The first kappa shape index (κ1) is 19.5. The molecule has 0 aliphatic carbocycles. The minimum absolute atomic E-state index is 0.166. The van der Waals surface area contributed by atoms with E-state index in [2.05, 4.69) is 41.0 Å². The van der Waals surface area contributed by atoms with Gasteiger partial charge in [0, 0.05) is 16.0 Å². The molecule has 0 fully saturated rings. The third-order valence-electron chi connectivity index (χ3n) is 5.78. The van der Waals surface area contributed by atoms with Crippen LogP contribution in [0.15, 0.2) is 76.8 Å². The highest BCUT2D eigenvalue weighted by atomic mass is 32.2. The van der Waals surface area contributed by atoms with Crippen molar-refractivity contribution in [2.45, 2.75) is 17.3 Å². The van der Waals surface area contributed by atoms with Crippen molar-refractivity contribution in [1.29, 1.82) is 0 Å². The molecule has 4 aromatic rings. The Hall–Kier alpha value is -3.23. The van der Waals surface area contributed by atoms with Gasteiger partial charge in [-0.1, -0.05) is 42.1 Å². The van der Waals surface area contributed by atoms with Gasteiger partial charge < -0.3 is 14.8 Å². The van der Waals surface area contributed by atoms with Crippen LogP contribution in [-0.4, -0.2) is 28.1 Å². The molecule has 0 spiro atoms. The molecule has 2 aromatic carbocycles. The normalized spacial score (nSPS) is 18.8. The van der Waals surface area contributed by atoms with Crippen LogP contribution in [0.2, 0.25) is 0 Å². The zero-order valence-electron chi connectivity index (χ0n) is 17.5. The number of methoxy groups -OCH3 is 1. The van der Waals surface area contributed by atoms with E-state index in [4.69, 9.17) is 19.6 Å². The van der Waals surface area contributed by atoms with Crippen LogP contribution in [0.3, 0.4) is 0 Å². The lowest BCUT2D eigenvalue weighted by atomic mass is 9.86. The molecular weight excluding hydrogens is 440 g/mol. The molecule has 0 bridgehead atoms. The smallest absolute Gasteiger partial charge is 0.227 e. The van der Waals surface area contributed by atoms with Gasteiger partial charge in [0.05, 0.1) is 12.8 Å². The van der Waals surface area contributed by atoms with Gasteiger partial charge in [-0.25, -0.2) is 4.68 Å². The molecule has 4 heterocycles. The van der Waals surface area contributed by atoms with Gasteiger partial charge in [0.25, 0.3) is 0 Å². The van der Waals surface area contributed by atoms with Gasteiger partial charge in [0.2, 0.25) is 11.1 Å². The quantitative estimate of drug-likeness (QED) is 0.398. The molecule has 1 N–H and O–H groups in total. The summed E-state index contributed by atoms with van der Waals surface area (Å²) >= 11 is 3.23. The molecule has 6 nitrogen and oxygen atoms in total. The molecule has 0 radical (unpaired) electrons. The van der Waals surface area contributed by atoms with Crippen molar-refractivity contribution >= 4 is 34.7 Å². The molecule has 2 aromatic heterocycles. The molecular formula is C24H20N4O2S2. The number of hydrogen-bond acceptors (Lipinski definition) is 7. The van der Waals surface area contributed by atoms with Crippen LogP contribution >= 0.6 is 23.1 Å². The van der Waals surface area contributed by atoms with E-state index in [9.17, 15) is 0 Å². The molecule has 0 saturated heterocycles. The van der Waals surface area contributed by atoms with Gasteiger partial charge in [-0.15, -0.1) is 16.4 Å². The van der Waals surface area contributed by atoms with Crippen LogP contribution in [0.25, 0.3) is 5.70 Å². The van der Waals surface area contributed by atoms with Gasteiger partial charge in [0.15, 0.2) is 6.10 Å². The number of nitrogens with zero attached hydrogens (tertiary/aromatic N) is 3. The third-order valence-corrected chi connectivity index (χ3v) is 7.23. The first-order valence-electron chi connectivity index (χ1n) is 10.2. The summed E-state index contributed by atoms with van der Waals surface area (Å²) in [5, 5.41) is 11.2. The van der Waals surface area contributed by atoms with Crippen molar-refractivity contribution in [3.05, 3.63) is 87.6 Å². The number of thioether (sulfide) groups is 1. The number of fused-ring (bicyclic) bond motifs is 3. The van der Waals surface area contributed by atoms with Crippen LogP contribution in [0.1, 0.15) is 28.1 Å². The van der Waals surface area contributed by atoms with Crippen molar-refractivity contribution in [2.75, 3.05) is 18.7 Å². The number of para-hydroxylation sites is 1. The summed E-state index contributed by atoms with van der Waals surface area (Å²) < 4.78 is 14.0. The lowest BCUT2D eigenvalue weighted by molar-refractivity contribution is 0.226. The van der Waals surface area contributed by atoms with Crippen molar-refractivity contribution in [2.24, 2.45) is 0 Å². The minimum atomic E-state index is -0.227. The zero-order chi connectivity index (χ0) is 21.7. The first-order valence-corrected chi connectivity index (χ1v) is 12.3. The van der Waals surface area contributed by atoms with E-state index in [1.165, 1.54) is 11.8 Å². The summed E-state index contributed by atoms with van der Waals surface area (Å²) in [7, 11) is 1.68. The highest BCUT2D eigenvalue weighted by Crippen LogP contribution is 2.51. The molecule has 160 valence electrons. The topological polar surface area (TPSA) is 61.2 Å². The monoisotopic (exact) mass is 460 g/mol. The fourth-order valence-corrected chi connectivity index (χ4v) is 5.45. The first-order chi connectivity index (χ1) is 15.8. The number of rotatable bonds is 4. The van der Waals surface area contributed by atoms with Crippen molar-refractivity contribution in [1.82, 2.24) is 14.8 Å². The van der Waals surface area contributed by atoms with E-state index < -0.39 is 0 Å². The van der Waals surface area contributed by atoms with Gasteiger partial charge in [-0.2, -0.15) is 4.98 Å². The lowest BCUT2D eigenvalue weighted by Crippen LogP contribution is -2.32. The maximum Gasteiger partial charge on any atom is 0.227 e. The van der Waals surface area contributed by atoms with Crippen molar-refractivity contribution < 1.29 is 9.47 Å². The molecule has 0 unspecified atom stereocenters. The van der Waals surface area contributed by atoms with E-state index in [1.54, 1.807) is 18.4 Å². The Bertz CT molecular complexity index is 1310. The second-order valence-electron chi connectivity index (χ2n) is 7.51. The molecule has 2 aliphatic rings. The average molecular weight is 461 g/mol. The molecule has 0 saturated carbocycles. The number of hydrogen-bond donors (Lipinski definition) is 1. The Kier molecular flexibility index (Phi) is 4.69. The maximum absolute atomic E-state index is 6.61. The van der Waals surface area contributed by atoms with Crippen molar-refractivity contribution in [3.8, 4) is 11.5 Å². The number of anilines is 1. The van der Waals surface area contributed by atoms with Crippen LogP contribution in [0.5, 0.6) is 11.5 Å². The second-order valence-corrected chi connectivity index (χ2v) is 9.26. The van der Waals surface area contributed by atoms with E-state index in [0.29, 0.717) is 0 Å². The minimum Gasteiger partial charge on any atom is -0.497 e. The SMILES string of the molecule is COc1ccc([C@@H]2C3=C(Nc4nc(SC)nn42)c2ccccc2O[C@H]3c2cccs2)cc1. The number of aromatic nitrogens is 3. The molecule has 2 atom stereocenters. The summed E-state index contributed by atoms with van der Waals surface area (Å²) in [5.41, 5.74) is 4.30. The van der Waals surface area contributed by atoms with Gasteiger partial charge in [-0.3, -0.25) is 0 Å². The Morgan fingerprint density at radius 3 is 2.69 bits per heavy atom. The standard InChI is InChI=1S/C24H20N4O2S2/c1-29-15-11-9-14(10-12-15)21-19-20(25-23-26-24(31-2)27-28(21)23)16-6-3-4-7-17(16)30-22(19)18-8-5-13-32-18/h3-13,21-22H,1-2H3,(H,25,26,27)/t21-,22+/m1/s1. The van der Waals surface area contributed by atoms with E-state index in [-0.39, 0.29) is 12.1 Å². The fraction of sp³-hybridized carbons (Fsp3) is 0.167. The van der Waals surface area contributed by atoms with Crippen LogP contribution in [-0.2, 0) is 0 Å². The van der Waals surface area contributed by atoms with Gasteiger partial charge >= 0.3 is 0 Å². The van der Waals surface area contributed by atoms with E-state index in [0.717, 1.165) is 49.9 Å². The predicted octanol–water partition coefficient (Wildman–Crippen LogP) is 5.63. The number of ether oxygens (including phenoxy) is 2. The Morgan fingerprint density at radius 2 is 1.94 bits per heavy atom. The molecule has 0 amide bonds. The summed E-state index contributed by atoms with van der Waals surface area (Å²) in [4.78, 5) is 5.89. The highest BCUT2D eigenvalue weighted by Gasteiger charge is 2.41. The zero-order valence-corrected chi connectivity index (χ0v) is 19.1. The van der Waals surface area contributed by atoms with E-state index in [1.807, 2.05) is 41.3 Å². The Morgan fingerprint density at radius 1 is 1.09 bits per heavy atom. The largest absolute Gasteiger partial charge is 0.497 e. The predicted molar refractivity (Wildman–Crippen MR) is 128 cm³/mol. The second kappa shape index (κ2) is 7.72. The summed E-state index contributed by atoms with van der Waals surface area (Å²) in [5.74, 6) is 2.42. The van der Waals surface area contributed by atoms with Crippen LogP contribution < -0.4 is 14.8 Å². The maximum atomic E-state index is 6.61. The van der Waals surface area contributed by atoms with Gasteiger partial charge in [0.1, 0.15) is 17.5 Å². The lowest BCUT2D eigenvalue weighted by Gasteiger charge is -2.38. The summed E-state index contributed by atoms with van der Waals surface area (Å²) in [6, 6.07) is 20.3. The average Bonchev–Trinajstić information content (AvgIpc) is 3.52. The number of benzene rings is 2. The summed E-state index contributed by atoms with van der Waals surface area (Å²) in [6.07, 6.45) is 1.76. The Balaban J connectivity index is 1.61. The van der Waals surface area contributed by atoms with Gasteiger partial charge in [-0.05, 0) is 47.5 Å². The van der Waals surface area contributed by atoms with Crippen molar-refractivity contribution in [3.63, 3.8) is 0 Å². The van der Waals surface area contributed by atoms with Crippen LogP contribution in [0.4, 0.5) is 5.95 Å². The van der Waals surface area contributed by atoms with Crippen LogP contribution in [0, 0.1) is 0 Å². The summed E-state index contributed by atoms with van der Waals surface area (Å²) in [6.45, 7) is 0. The third kappa shape index (κ3) is 3.02. The molecule has 6 rings (SSSR count). The fourth-order valence-electron chi connectivity index (χ4n) is 4.33. The molecule has 2 aliphatic heterocycles. The molecule has 32 heavy (non-hydrogen) atoms. The molecule has 8 heteroatoms. The highest BCUT2D eigenvalue weighted by molar-refractivity contribution is 7.98. The number of thiophene rings is 1. The van der Waals surface area contributed by atoms with E-state index >= 15 is 0 Å².